The zero-order valence-electron chi connectivity index (χ0n) is 12.8. The SMILES string of the molecule is CON(Cc1ccc(Cl)c(Cl)c1)C(=O)/C=C1\OC(C)(C)OC1=O. The second-order valence-corrected chi connectivity index (χ2v) is 6.02. The van der Waals surface area contributed by atoms with Gasteiger partial charge >= 0.3 is 5.97 Å². The van der Waals surface area contributed by atoms with Crippen molar-refractivity contribution in [1.82, 2.24) is 5.06 Å². The van der Waals surface area contributed by atoms with Crippen LogP contribution in [0, 0.1) is 0 Å². The molecular weight excluding hydrogens is 345 g/mol. The second kappa shape index (κ2) is 6.78. The van der Waals surface area contributed by atoms with E-state index in [1.165, 1.54) is 7.11 Å². The van der Waals surface area contributed by atoms with E-state index in [9.17, 15) is 9.59 Å². The Morgan fingerprint density at radius 2 is 2.00 bits per heavy atom. The highest BCUT2D eigenvalue weighted by atomic mass is 35.5. The number of carbonyl (C=O) groups excluding carboxylic acids is 2. The lowest BCUT2D eigenvalue weighted by molar-refractivity contribution is -0.173. The van der Waals surface area contributed by atoms with Gasteiger partial charge in [0.15, 0.2) is 0 Å². The standard InChI is InChI=1S/C15H15Cl2NO5/c1-15(2)22-12(14(20)23-15)7-13(19)18(21-3)8-9-4-5-10(16)11(17)6-9/h4-7H,8H2,1-3H3/b12-7-. The van der Waals surface area contributed by atoms with Gasteiger partial charge in [0.1, 0.15) is 0 Å². The topological polar surface area (TPSA) is 65.1 Å². The molecule has 1 aliphatic heterocycles. The van der Waals surface area contributed by atoms with Crippen molar-refractivity contribution in [2.45, 2.75) is 26.2 Å². The van der Waals surface area contributed by atoms with Crippen molar-refractivity contribution in [3.05, 3.63) is 45.6 Å². The number of carbonyl (C=O) groups is 2. The van der Waals surface area contributed by atoms with Crippen LogP contribution < -0.4 is 0 Å². The number of hydroxylamine groups is 2. The molecule has 0 bridgehead atoms. The Labute approximate surface area is 143 Å². The summed E-state index contributed by atoms with van der Waals surface area (Å²) in [5.41, 5.74) is 0.711. The molecule has 0 spiro atoms. The Hall–Kier alpha value is -1.76. The number of benzene rings is 1. The van der Waals surface area contributed by atoms with Gasteiger partial charge in [-0.25, -0.2) is 9.86 Å². The minimum Gasteiger partial charge on any atom is -0.445 e. The number of hydrogen-bond donors (Lipinski definition) is 0. The maximum atomic E-state index is 12.2. The lowest BCUT2D eigenvalue weighted by atomic mass is 10.2. The molecule has 23 heavy (non-hydrogen) atoms. The number of rotatable bonds is 4. The zero-order valence-corrected chi connectivity index (χ0v) is 14.3. The van der Waals surface area contributed by atoms with Crippen LogP contribution in [0.2, 0.25) is 10.0 Å². The van der Waals surface area contributed by atoms with Crippen molar-refractivity contribution in [1.29, 1.82) is 0 Å². The maximum Gasteiger partial charge on any atom is 0.377 e. The molecule has 1 amide bonds. The highest BCUT2D eigenvalue weighted by Crippen LogP contribution is 2.27. The molecule has 1 aromatic rings. The fraction of sp³-hybridized carbons (Fsp3) is 0.333. The van der Waals surface area contributed by atoms with Crippen LogP contribution in [0.15, 0.2) is 30.0 Å². The average molecular weight is 360 g/mol. The number of amides is 1. The monoisotopic (exact) mass is 359 g/mol. The lowest BCUT2D eigenvalue weighted by Crippen LogP contribution is -2.28. The molecule has 6 nitrogen and oxygen atoms in total. The Kier molecular flexibility index (Phi) is 5.19. The number of esters is 1. The van der Waals surface area contributed by atoms with Crippen molar-refractivity contribution in [3.63, 3.8) is 0 Å². The molecule has 1 aliphatic rings. The minimum absolute atomic E-state index is 0.119. The number of cyclic esters (lactones) is 1. The first-order chi connectivity index (χ1) is 10.7. The van der Waals surface area contributed by atoms with Gasteiger partial charge in [-0.3, -0.25) is 9.63 Å². The molecule has 0 saturated carbocycles. The van der Waals surface area contributed by atoms with Gasteiger partial charge in [-0.05, 0) is 17.7 Å². The van der Waals surface area contributed by atoms with Gasteiger partial charge in [-0.15, -0.1) is 0 Å². The summed E-state index contributed by atoms with van der Waals surface area (Å²) in [5, 5.41) is 1.83. The number of hydrogen-bond acceptors (Lipinski definition) is 5. The molecule has 1 fully saturated rings. The van der Waals surface area contributed by atoms with E-state index in [-0.39, 0.29) is 12.3 Å². The van der Waals surface area contributed by atoms with Crippen molar-refractivity contribution in [2.75, 3.05) is 7.11 Å². The molecule has 0 radical (unpaired) electrons. The van der Waals surface area contributed by atoms with E-state index in [4.69, 9.17) is 37.5 Å². The van der Waals surface area contributed by atoms with Crippen LogP contribution in [0.25, 0.3) is 0 Å². The lowest BCUT2D eigenvalue weighted by Gasteiger charge is -2.18. The van der Waals surface area contributed by atoms with Crippen molar-refractivity contribution >= 4 is 35.1 Å². The van der Waals surface area contributed by atoms with Gasteiger partial charge in [0.2, 0.25) is 11.5 Å². The summed E-state index contributed by atoms with van der Waals surface area (Å²) in [6, 6.07) is 4.96. The molecule has 1 heterocycles. The summed E-state index contributed by atoms with van der Waals surface area (Å²) in [6.07, 6.45) is 1.03. The number of ether oxygens (including phenoxy) is 2. The first-order valence-electron chi connectivity index (χ1n) is 6.65. The first-order valence-corrected chi connectivity index (χ1v) is 7.41. The zero-order chi connectivity index (χ0) is 17.2. The molecule has 8 heteroatoms. The molecule has 1 saturated heterocycles. The number of nitrogens with zero attached hydrogens (tertiary/aromatic N) is 1. The third-order valence-electron chi connectivity index (χ3n) is 2.93. The highest BCUT2D eigenvalue weighted by Gasteiger charge is 2.38. The molecular formula is C15H15Cl2NO5. The molecule has 0 atom stereocenters. The molecule has 1 aromatic carbocycles. The Morgan fingerprint density at radius 1 is 1.30 bits per heavy atom. The van der Waals surface area contributed by atoms with Gasteiger partial charge in [0.05, 0.1) is 29.8 Å². The van der Waals surface area contributed by atoms with Crippen LogP contribution in [0.1, 0.15) is 19.4 Å². The highest BCUT2D eigenvalue weighted by molar-refractivity contribution is 6.42. The van der Waals surface area contributed by atoms with Crippen molar-refractivity contribution < 1.29 is 23.9 Å². The summed E-state index contributed by atoms with van der Waals surface area (Å²) < 4.78 is 10.2. The van der Waals surface area contributed by atoms with E-state index in [1.54, 1.807) is 32.0 Å². The second-order valence-electron chi connectivity index (χ2n) is 5.21. The normalized spacial score (nSPS) is 17.8. The largest absolute Gasteiger partial charge is 0.445 e. The van der Waals surface area contributed by atoms with E-state index in [0.29, 0.717) is 15.6 Å². The van der Waals surface area contributed by atoms with E-state index in [2.05, 4.69) is 0 Å². The summed E-state index contributed by atoms with van der Waals surface area (Å²) in [6.45, 7) is 3.26. The van der Waals surface area contributed by atoms with Crippen LogP contribution in [0.4, 0.5) is 0 Å². The van der Waals surface area contributed by atoms with E-state index < -0.39 is 17.7 Å². The van der Waals surface area contributed by atoms with Gasteiger partial charge in [-0.2, -0.15) is 0 Å². The predicted octanol–water partition coefficient (Wildman–Crippen LogP) is 3.08. The quantitative estimate of drug-likeness (QED) is 0.469. The van der Waals surface area contributed by atoms with E-state index in [1.807, 2.05) is 0 Å². The molecule has 2 rings (SSSR count). The molecule has 124 valence electrons. The first kappa shape index (κ1) is 17.6. The Bertz CT molecular complexity index is 672. The smallest absolute Gasteiger partial charge is 0.377 e. The van der Waals surface area contributed by atoms with Crippen LogP contribution in [0.3, 0.4) is 0 Å². The summed E-state index contributed by atoms with van der Waals surface area (Å²) >= 11 is 11.8. The van der Waals surface area contributed by atoms with Crippen LogP contribution in [-0.4, -0.2) is 29.8 Å². The average Bonchev–Trinajstić information content (AvgIpc) is 2.72. The maximum absolute atomic E-state index is 12.2. The Balaban J connectivity index is 2.13. The van der Waals surface area contributed by atoms with Gasteiger partial charge < -0.3 is 9.47 Å². The predicted molar refractivity (Wildman–Crippen MR) is 83.4 cm³/mol. The van der Waals surface area contributed by atoms with E-state index in [0.717, 1.165) is 11.1 Å². The molecule has 0 unspecified atom stereocenters. The summed E-state index contributed by atoms with van der Waals surface area (Å²) in [5.74, 6) is -2.53. The summed E-state index contributed by atoms with van der Waals surface area (Å²) in [4.78, 5) is 28.9. The Morgan fingerprint density at radius 3 is 2.52 bits per heavy atom. The van der Waals surface area contributed by atoms with Crippen LogP contribution in [0.5, 0.6) is 0 Å². The summed E-state index contributed by atoms with van der Waals surface area (Å²) in [7, 11) is 1.34. The van der Waals surface area contributed by atoms with Gasteiger partial charge in [0.25, 0.3) is 5.91 Å². The fourth-order valence-corrected chi connectivity index (χ4v) is 2.23. The van der Waals surface area contributed by atoms with Gasteiger partial charge in [0, 0.05) is 13.8 Å². The van der Waals surface area contributed by atoms with Gasteiger partial charge in [-0.1, -0.05) is 29.3 Å². The van der Waals surface area contributed by atoms with Crippen LogP contribution in [-0.2, 0) is 30.4 Å². The van der Waals surface area contributed by atoms with Crippen molar-refractivity contribution in [2.24, 2.45) is 0 Å². The minimum atomic E-state index is -1.09. The van der Waals surface area contributed by atoms with E-state index >= 15 is 0 Å². The van der Waals surface area contributed by atoms with Crippen molar-refractivity contribution in [3.8, 4) is 0 Å². The fourth-order valence-electron chi connectivity index (χ4n) is 1.91. The third kappa shape index (κ3) is 4.37. The third-order valence-corrected chi connectivity index (χ3v) is 3.67. The molecule has 0 aliphatic carbocycles. The molecule has 0 aromatic heterocycles. The number of halogens is 2. The molecule has 0 N–H and O–H groups in total. The van der Waals surface area contributed by atoms with Crippen LogP contribution >= 0.6 is 23.2 Å².